The first-order valence-corrected chi connectivity index (χ1v) is 6.94. The van der Waals surface area contributed by atoms with Gasteiger partial charge in [-0.25, -0.2) is 9.37 Å². The van der Waals surface area contributed by atoms with E-state index in [2.05, 4.69) is 4.98 Å². The Kier molecular flexibility index (Phi) is 4.68. The fourth-order valence-electron chi connectivity index (χ4n) is 1.77. The minimum Gasteiger partial charge on any atom is -0.494 e. The molecule has 1 aromatic carbocycles. The van der Waals surface area contributed by atoms with E-state index in [1.54, 1.807) is 12.1 Å². The molecular formula is C14H14FNO3S. The van der Waals surface area contributed by atoms with Crippen LogP contribution in [0.25, 0.3) is 0 Å². The molecule has 0 fully saturated rings. The van der Waals surface area contributed by atoms with Gasteiger partial charge < -0.3 is 9.84 Å². The minimum absolute atomic E-state index is 0.0698. The molecule has 1 heterocycles. The molecule has 20 heavy (non-hydrogen) atoms. The van der Waals surface area contributed by atoms with Gasteiger partial charge in [-0.2, -0.15) is 0 Å². The highest BCUT2D eigenvalue weighted by Gasteiger charge is 2.08. The number of aliphatic carboxylic acids is 1. The molecule has 0 unspecified atom stereocenters. The Balaban J connectivity index is 2.03. The van der Waals surface area contributed by atoms with Crippen LogP contribution in [0.3, 0.4) is 0 Å². The number of methoxy groups -OCH3 is 1. The maximum Gasteiger partial charge on any atom is 0.303 e. The molecule has 2 aromatic rings. The lowest BCUT2D eigenvalue weighted by Crippen LogP contribution is -1.98. The summed E-state index contributed by atoms with van der Waals surface area (Å²) in [6.45, 7) is 0. The van der Waals surface area contributed by atoms with Gasteiger partial charge in [0.05, 0.1) is 24.2 Å². The number of benzene rings is 1. The van der Waals surface area contributed by atoms with Crippen LogP contribution in [0.1, 0.15) is 22.7 Å². The van der Waals surface area contributed by atoms with Crippen LogP contribution in [0.4, 0.5) is 4.39 Å². The van der Waals surface area contributed by atoms with Gasteiger partial charge in [-0.3, -0.25) is 4.79 Å². The van der Waals surface area contributed by atoms with Gasteiger partial charge in [-0.1, -0.05) is 6.07 Å². The Morgan fingerprint density at radius 3 is 2.95 bits per heavy atom. The van der Waals surface area contributed by atoms with Crippen molar-refractivity contribution in [1.29, 1.82) is 0 Å². The number of aromatic nitrogens is 1. The van der Waals surface area contributed by atoms with Gasteiger partial charge in [-0.15, -0.1) is 11.3 Å². The fraction of sp³-hybridized carbons (Fsp3) is 0.286. The summed E-state index contributed by atoms with van der Waals surface area (Å²) in [7, 11) is 1.42. The summed E-state index contributed by atoms with van der Waals surface area (Å²) in [6, 6.07) is 4.81. The molecule has 0 aliphatic carbocycles. The van der Waals surface area contributed by atoms with Crippen LogP contribution in [0.5, 0.6) is 5.75 Å². The molecule has 1 N–H and O–H groups in total. The molecule has 1 aromatic heterocycles. The van der Waals surface area contributed by atoms with E-state index in [9.17, 15) is 9.18 Å². The van der Waals surface area contributed by atoms with E-state index in [0.29, 0.717) is 12.8 Å². The van der Waals surface area contributed by atoms with Gasteiger partial charge in [0, 0.05) is 18.2 Å². The lowest BCUT2D eigenvalue weighted by atomic mass is 10.1. The molecule has 106 valence electrons. The number of carbonyl (C=O) groups is 1. The van der Waals surface area contributed by atoms with Crippen LogP contribution in [-0.2, 0) is 17.6 Å². The molecule has 4 nitrogen and oxygen atoms in total. The number of nitrogens with zero attached hydrogens (tertiary/aromatic N) is 1. The van der Waals surface area contributed by atoms with Crippen LogP contribution in [0.2, 0.25) is 0 Å². The Morgan fingerprint density at radius 2 is 2.30 bits per heavy atom. The van der Waals surface area contributed by atoms with Gasteiger partial charge in [0.2, 0.25) is 0 Å². The molecule has 6 heteroatoms. The van der Waals surface area contributed by atoms with E-state index in [1.165, 1.54) is 24.5 Å². The minimum atomic E-state index is -0.836. The van der Waals surface area contributed by atoms with Gasteiger partial charge in [0.15, 0.2) is 11.6 Å². The van der Waals surface area contributed by atoms with E-state index in [4.69, 9.17) is 9.84 Å². The molecule has 0 bridgehead atoms. The number of ether oxygens (including phenoxy) is 1. The van der Waals surface area contributed by atoms with Gasteiger partial charge in [0.1, 0.15) is 0 Å². The number of carboxylic acid groups (broad SMARTS) is 1. The molecule has 0 amide bonds. The molecule has 0 aliphatic rings. The van der Waals surface area contributed by atoms with Crippen molar-refractivity contribution < 1.29 is 19.0 Å². The van der Waals surface area contributed by atoms with Crippen molar-refractivity contribution in [2.24, 2.45) is 0 Å². The first kappa shape index (κ1) is 14.5. The summed E-state index contributed by atoms with van der Waals surface area (Å²) >= 11 is 1.45. The van der Waals surface area contributed by atoms with Crippen molar-refractivity contribution in [3.05, 3.63) is 45.7 Å². The standard InChI is InChI=1S/C14H14FNO3S/c1-19-12-4-2-9(6-11(12)15)7-13-16-10(8-20-13)3-5-14(17)18/h2,4,6,8H,3,5,7H2,1H3,(H,17,18). The lowest BCUT2D eigenvalue weighted by molar-refractivity contribution is -0.136. The van der Waals surface area contributed by atoms with Crippen molar-refractivity contribution in [3.63, 3.8) is 0 Å². The number of carboxylic acids is 1. The van der Waals surface area contributed by atoms with E-state index in [-0.39, 0.29) is 12.2 Å². The topological polar surface area (TPSA) is 59.4 Å². The Hall–Kier alpha value is -1.95. The van der Waals surface area contributed by atoms with Crippen molar-refractivity contribution >= 4 is 17.3 Å². The number of thiazole rings is 1. The number of aryl methyl sites for hydroxylation is 1. The highest BCUT2D eigenvalue weighted by atomic mass is 32.1. The van der Waals surface area contributed by atoms with E-state index < -0.39 is 11.8 Å². The second kappa shape index (κ2) is 6.47. The van der Waals surface area contributed by atoms with Crippen LogP contribution >= 0.6 is 11.3 Å². The first-order valence-electron chi connectivity index (χ1n) is 6.06. The summed E-state index contributed by atoms with van der Waals surface area (Å²) in [4.78, 5) is 14.8. The third-order valence-corrected chi connectivity index (χ3v) is 3.66. The van der Waals surface area contributed by atoms with Gasteiger partial charge in [0.25, 0.3) is 0 Å². The van der Waals surface area contributed by atoms with E-state index >= 15 is 0 Å². The van der Waals surface area contributed by atoms with Gasteiger partial charge >= 0.3 is 5.97 Å². The average Bonchev–Trinajstić information content (AvgIpc) is 2.84. The van der Waals surface area contributed by atoms with Crippen LogP contribution in [-0.4, -0.2) is 23.2 Å². The highest BCUT2D eigenvalue weighted by Crippen LogP contribution is 2.21. The van der Waals surface area contributed by atoms with Crippen molar-refractivity contribution in [2.75, 3.05) is 7.11 Å². The van der Waals surface area contributed by atoms with Crippen LogP contribution in [0.15, 0.2) is 23.6 Å². The van der Waals surface area contributed by atoms with Crippen molar-refractivity contribution in [2.45, 2.75) is 19.3 Å². The monoisotopic (exact) mass is 295 g/mol. The quantitative estimate of drug-likeness (QED) is 0.890. The molecule has 0 aliphatic heterocycles. The molecule has 2 rings (SSSR count). The van der Waals surface area contributed by atoms with Crippen LogP contribution in [0, 0.1) is 5.82 Å². The number of halogens is 1. The summed E-state index contributed by atoms with van der Waals surface area (Å²) in [5.41, 5.74) is 1.57. The smallest absolute Gasteiger partial charge is 0.303 e. The first-order chi connectivity index (χ1) is 9.58. The molecule has 0 spiro atoms. The Morgan fingerprint density at radius 1 is 1.50 bits per heavy atom. The van der Waals surface area contributed by atoms with E-state index in [1.807, 2.05) is 5.38 Å². The maximum atomic E-state index is 13.6. The number of hydrogen-bond donors (Lipinski definition) is 1. The average molecular weight is 295 g/mol. The van der Waals surface area contributed by atoms with Crippen molar-refractivity contribution in [1.82, 2.24) is 4.98 Å². The summed E-state index contributed by atoms with van der Waals surface area (Å²) in [6.07, 6.45) is 1.02. The summed E-state index contributed by atoms with van der Waals surface area (Å²) < 4.78 is 18.4. The largest absolute Gasteiger partial charge is 0.494 e. The third-order valence-electron chi connectivity index (χ3n) is 2.77. The predicted octanol–water partition coefficient (Wildman–Crippen LogP) is 2.90. The zero-order valence-electron chi connectivity index (χ0n) is 10.9. The van der Waals surface area contributed by atoms with Gasteiger partial charge in [-0.05, 0) is 17.7 Å². The lowest BCUT2D eigenvalue weighted by Gasteiger charge is -2.03. The maximum absolute atomic E-state index is 13.6. The highest BCUT2D eigenvalue weighted by molar-refractivity contribution is 7.09. The van der Waals surface area contributed by atoms with E-state index in [0.717, 1.165) is 16.3 Å². The normalized spacial score (nSPS) is 10.5. The second-order valence-corrected chi connectivity index (χ2v) is 5.21. The Bertz CT molecular complexity index is 612. The number of hydrogen-bond acceptors (Lipinski definition) is 4. The summed E-state index contributed by atoms with van der Waals surface area (Å²) in [5.74, 6) is -1.01. The zero-order valence-corrected chi connectivity index (χ0v) is 11.7. The SMILES string of the molecule is COc1ccc(Cc2nc(CCC(=O)O)cs2)cc1F. The zero-order chi connectivity index (χ0) is 14.5. The molecule has 0 atom stereocenters. The Labute approximate surface area is 119 Å². The van der Waals surface area contributed by atoms with Crippen molar-refractivity contribution in [3.8, 4) is 5.75 Å². The third kappa shape index (κ3) is 3.77. The van der Waals surface area contributed by atoms with Crippen LogP contribution < -0.4 is 4.74 Å². The fourth-order valence-corrected chi connectivity index (χ4v) is 2.64. The summed E-state index contributed by atoms with van der Waals surface area (Å²) in [5, 5.41) is 11.3. The molecule has 0 saturated carbocycles. The molecular weight excluding hydrogens is 281 g/mol. The predicted molar refractivity (Wildman–Crippen MR) is 73.8 cm³/mol. The molecule has 0 saturated heterocycles. The molecule has 0 radical (unpaired) electrons. The number of rotatable bonds is 6. The second-order valence-electron chi connectivity index (χ2n) is 4.27.